The smallest absolute Gasteiger partial charge is 0.246 e. The number of benzene rings is 1. The van der Waals surface area contributed by atoms with Crippen LogP contribution in [0.1, 0.15) is 23.1 Å². The molecule has 0 unspecified atom stereocenters. The van der Waals surface area contributed by atoms with Crippen LogP contribution < -0.4 is 0 Å². The van der Waals surface area contributed by atoms with Gasteiger partial charge in [-0.25, -0.2) is 4.98 Å². The minimum absolute atomic E-state index is 0.520. The molecule has 0 aliphatic rings. The van der Waals surface area contributed by atoms with E-state index in [0.717, 1.165) is 16.9 Å². The lowest BCUT2D eigenvalue weighted by atomic mass is 10.2. The first-order valence-corrected chi connectivity index (χ1v) is 7.02. The second-order valence-corrected chi connectivity index (χ2v) is 5.16. The predicted molar refractivity (Wildman–Crippen MR) is 77.0 cm³/mol. The van der Waals surface area contributed by atoms with E-state index in [1.165, 1.54) is 5.56 Å². The zero-order chi connectivity index (χ0) is 14.1. The Morgan fingerprint density at radius 1 is 1.25 bits per heavy atom. The van der Waals surface area contributed by atoms with Gasteiger partial charge in [0.1, 0.15) is 12.4 Å². The molecular weight excluding hydrogens is 276 g/mol. The topological polar surface area (TPSA) is 56.7 Å². The van der Waals surface area contributed by atoms with Crippen LogP contribution in [0.25, 0.3) is 11.0 Å². The van der Waals surface area contributed by atoms with Gasteiger partial charge in [0.05, 0.1) is 11.0 Å². The quantitative estimate of drug-likeness (QED) is 0.693. The van der Waals surface area contributed by atoms with Gasteiger partial charge in [0.15, 0.2) is 5.82 Å². The zero-order valence-electron chi connectivity index (χ0n) is 11.4. The Balaban J connectivity index is 2.08. The highest BCUT2D eigenvalue weighted by molar-refractivity contribution is 6.17. The van der Waals surface area contributed by atoms with E-state index in [-0.39, 0.29) is 0 Å². The largest absolute Gasteiger partial charge is 0.337 e. The second-order valence-electron chi connectivity index (χ2n) is 4.78. The minimum Gasteiger partial charge on any atom is -0.337 e. The number of fused-ring (bicyclic) bond motifs is 1. The number of imidazole rings is 1. The molecule has 3 rings (SSSR count). The van der Waals surface area contributed by atoms with Crippen molar-refractivity contribution in [3.63, 3.8) is 0 Å². The summed E-state index contributed by atoms with van der Waals surface area (Å²) in [5, 5.41) is 3.82. The molecule has 0 atom stereocenters. The Morgan fingerprint density at radius 3 is 2.80 bits per heavy atom. The van der Waals surface area contributed by atoms with Gasteiger partial charge in [-0.05, 0) is 31.5 Å². The third-order valence-corrected chi connectivity index (χ3v) is 3.35. The summed E-state index contributed by atoms with van der Waals surface area (Å²) in [6.45, 7) is 4.38. The van der Waals surface area contributed by atoms with Crippen LogP contribution >= 0.6 is 11.6 Å². The summed E-state index contributed by atoms with van der Waals surface area (Å²) in [6.07, 6.45) is 0.711. The maximum absolute atomic E-state index is 5.87. The average molecular weight is 291 g/mol. The average Bonchev–Trinajstić information content (AvgIpc) is 2.95. The first-order valence-electron chi connectivity index (χ1n) is 6.48. The molecule has 0 N–H and O–H groups in total. The Kier molecular flexibility index (Phi) is 3.44. The van der Waals surface area contributed by atoms with Gasteiger partial charge in [0.25, 0.3) is 0 Å². The van der Waals surface area contributed by atoms with Crippen molar-refractivity contribution >= 4 is 22.6 Å². The van der Waals surface area contributed by atoms with Gasteiger partial charge >= 0.3 is 0 Å². The van der Waals surface area contributed by atoms with Gasteiger partial charge in [0.2, 0.25) is 5.89 Å². The van der Waals surface area contributed by atoms with Crippen LogP contribution in [0.3, 0.4) is 0 Å². The van der Waals surface area contributed by atoms with E-state index in [4.69, 9.17) is 16.1 Å². The molecular formula is C14H15ClN4O. The number of aryl methyl sites for hydroxylation is 3. The number of rotatable bonds is 4. The summed E-state index contributed by atoms with van der Waals surface area (Å²) in [7, 11) is 0. The number of alkyl halides is 1. The standard InChI is InChI=1S/C14H15ClN4O/c1-9-3-4-12-11(7-9)17-13(5-6-15)19(12)8-14-16-10(2)18-20-14/h3-4,7H,5-6,8H2,1-2H3. The SMILES string of the molecule is Cc1ccc2c(c1)nc(CCCl)n2Cc1nc(C)no1. The molecule has 0 radical (unpaired) electrons. The molecule has 2 heterocycles. The zero-order valence-corrected chi connectivity index (χ0v) is 12.2. The predicted octanol–water partition coefficient (Wildman–Crippen LogP) is 2.87. The molecule has 0 amide bonds. The van der Waals surface area contributed by atoms with Gasteiger partial charge in [-0.1, -0.05) is 11.2 Å². The molecule has 5 nitrogen and oxygen atoms in total. The monoisotopic (exact) mass is 290 g/mol. The summed E-state index contributed by atoms with van der Waals surface area (Å²) in [4.78, 5) is 8.91. The maximum Gasteiger partial charge on any atom is 0.246 e. The van der Waals surface area contributed by atoms with Gasteiger partial charge in [-0.2, -0.15) is 4.98 Å². The van der Waals surface area contributed by atoms with Crippen LogP contribution in [0.4, 0.5) is 0 Å². The maximum atomic E-state index is 5.87. The van der Waals surface area contributed by atoms with Crippen molar-refractivity contribution in [1.82, 2.24) is 19.7 Å². The van der Waals surface area contributed by atoms with Crippen LogP contribution in [0, 0.1) is 13.8 Å². The highest BCUT2D eigenvalue weighted by Crippen LogP contribution is 2.19. The van der Waals surface area contributed by atoms with Crippen molar-refractivity contribution in [2.45, 2.75) is 26.8 Å². The van der Waals surface area contributed by atoms with Crippen molar-refractivity contribution in [1.29, 1.82) is 0 Å². The lowest BCUT2D eigenvalue weighted by molar-refractivity contribution is 0.367. The highest BCUT2D eigenvalue weighted by Gasteiger charge is 2.13. The lowest BCUT2D eigenvalue weighted by Crippen LogP contribution is -2.06. The van der Waals surface area contributed by atoms with E-state index in [1.54, 1.807) is 0 Å². The molecule has 104 valence electrons. The first-order chi connectivity index (χ1) is 9.67. The molecule has 0 saturated carbocycles. The molecule has 0 aliphatic heterocycles. The second kappa shape index (κ2) is 5.25. The molecule has 0 saturated heterocycles. The van der Waals surface area contributed by atoms with Gasteiger partial charge < -0.3 is 9.09 Å². The highest BCUT2D eigenvalue weighted by atomic mass is 35.5. The Hall–Kier alpha value is -1.88. The summed E-state index contributed by atoms with van der Waals surface area (Å²) in [5.74, 6) is 2.69. The van der Waals surface area contributed by atoms with Crippen molar-refractivity contribution in [2.24, 2.45) is 0 Å². The normalized spacial score (nSPS) is 11.3. The van der Waals surface area contributed by atoms with E-state index in [0.29, 0.717) is 30.6 Å². The molecule has 3 aromatic rings. The summed E-state index contributed by atoms with van der Waals surface area (Å²) >= 11 is 5.87. The number of hydrogen-bond acceptors (Lipinski definition) is 4. The molecule has 20 heavy (non-hydrogen) atoms. The third-order valence-electron chi connectivity index (χ3n) is 3.16. The summed E-state index contributed by atoms with van der Waals surface area (Å²) in [6, 6.07) is 6.21. The number of hydrogen-bond donors (Lipinski definition) is 0. The fourth-order valence-corrected chi connectivity index (χ4v) is 2.45. The van der Waals surface area contributed by atoms with Crippen LogP contribution in [0.15, 0.2) is 22.7 Å². The summed E-state index contributed by atoms with van der Waals surface area (Å²) in [5.41, 5.74) is 3.22. The Labute approximate surface area is 121 Å². The van der Waals surface area contributed by atoms with Crippen LogP contribution in [-0.4, -0.2) is 25.6 Å². The Bertz CT molecular complexity index is 747. The number of halogens is 1. The van der Waals surface area contributed by atoms with E-state index >= 15 is 0 Å². The van der Waals surface area contributed by atoms with Crippen molar-refractivity contribution in [2.75, 3.05) is 5.88 Å². The van der Waals surface area contributed by atoms with Crippen LogP contribution in [0.2, 0.25) is 0 Å². The number of aromatic nitrogens is 4. The van der Waals surface area contributed by atoms with Gasteiger partial charge in [-0.15, -0.1) is 11.6 Å². The van der Waals surface area contributed by atoms with Crippen molar-refractivity contribution in [3.05, 3.63) is 41.3 Å². The molecule has 0 fully saturated rings. The van der Waals surface area contributed by atoms with Crippen molar-refractivity contribution in [3.8, 4) is 0 Å². The first kappa shape index (κ1) is 13.1. The fraction of sp³-hybridized carbons (Fsp3) is 0.357. The molecule has 6 heteroatoms. The lowest BCUT2D eigenvalue weighted by Gasteiger charge is -2.05. The molecule has 2 aromatic heterocycles. The molecule has 1 aromatic carbocycles. The van der Waals surface area contributed by atoms with Crippen molar-refractivity contribution < 1.29 is 4.52 Å². The fourth-order valence-electron chi connectivity index (χ4n) is 2.28. The van der Waals surface area contributed by atoms with E-state index in [1.807, 2.05) is 6.92 Å². The number of nitrogens with zero attached hydrogens (tertiary/aromatic N) is 4. The van der Waals surface area contributed by atoms with E-state index < -0.39 is 0 Å². The van der Waals surface area contributed by atoms with Crippen LogP contribution in [0.5, 0.6) is 0 Å². The van der Waals surface area contributed by atoms with Gasteiger partial charge in [-0.3, -0.25) is 0 Å². The van der Waals surface area contributed by atoms with Crippen LogP contribution in [-0.2, 0) is 13.0 Å². The molecule has 0 bridgehead atoms. The molecule has 0 aliphatic carbocycles. The Morgan fingerprint density at radius 2 is 2.10 bits per heavy atom. The van der Waals surface area contributed by atoms with E-state index in [2.05, 4.69) is 44.8 Å². The van der Waals surface area contributed by atoms with E-state index in [9.17, 15) is 0 Å². The minimum atomic E-state index is 0.520. The summed E-state index contributed by atoms with van der Waals surface area (Å²) < 4.78 is 7.29. The third kappa shape index (κ3) is 2.41. The van der Waals surface area contributed by atoms with Gasteiger partial charge in [0, 0.05) is 12.3 Å². The molecule has 0 spiro atoms.